The van der Waals surface area contributed by atoms with Gasteiger partial charge in [0.25, 0.3) is 0 Å². The lowest BCUT2D eigenvalue weighted by Crippen LogP contribution is -2.18. The number of hydrogen-bond acceptors (Lipinski definition) is 3. The maximum atomic E-state index is 8.20. The SMILES string of the molecule is [CH2]OC(CO)CO. The van der Waals surface area contributed by atoms with E-state index in [1.807, 2.05) is 0 Å². The Morgan fingerprint density at radius 2 is 1.86 bits per heavy atom. The minimum Gasteiger partial charge on any atom is -0.394 e. The lowest BCUT2D eigenvalue weighted by Gasteiger charge is -2.05. The average Bonchev–Trinajstić information content (AvgIpc) is 1.72. The molecule has 0 aromatic carbocycles. The minimum absolute atomic E-state index is 0.181. The fourth-order valence-corrected chi connectivity index (χ4v) is 0.163. The molecule has 0 aromatic heterocycles. The molecule has 3 nitrogen and oxygen atoms in total. The second-order valence-electron chi connectivity index (χ2n) is 1.15. The summed E-state index contributed by atoms with van der Waals surface area (Å²) < 4.78 is 4.30. The van der Waals surface area contributed by atoms with E-state index in [9.17, 15) is 0 Å². The predicted octanol–water partition coefficient (Wildman–Crippen LogP) is -0.852. The fraction of sp³-hybridized carbons (Fsp3) is 0.750. The zero-order valence-electron chi connectivity index (χ0n) is 4.00. The van der Waals surface area contributed by atoms with Crippen molar-refractivity contribution >= 4 is 0 Å². The predicted molar refractivity (Wildman–Crippen MR) is 24.4 cm³/mol. The number of aliphatic hydroxyl groups excluding tert-OH is 2. The Kier molecular flexibility index (Phi) is 3.98. The maximum Gasteiger partial charge on any atom is 0.104 e. The van der Waals surface area contributed by atoms with Crippen LogP contribution in [0.3, 0.4) is 0 Å². The molecule has 0 saturated heterocycles. The first-order valence-corrected chi connectivity index (χ1v) is 1.97. The molecule has 0 heterocycles. The van der Waals surface area contributed by atoms with Crippen LogP contribution in [0.5, 0.6) is 0 Å². The van der Waals surface area contributed by atoms with Crippen molar-refractivity contribution in [3.05, 3.63) is 7.11 Å². The van der Waals surface area contributed by atoms with Crippen molar-refractivity contribution in [2.75, 3.05) is 13.2 Å². The molecule has 0 aliphatic carbocycles. The van der Waals surface area contributed by atoms with Crippen LogP contribution < -0.4 is 0 Å². The molecule has 43 valence electrons. The number of rotatable bonds is 3. The van der Waals surface area contributed by atoms with Gasteiger partial charge in [-0.25, -0.2) is 0 Å². The van der Waals surface area contributed by atoms with Crippen LogP contribution in [0.15, 0.2) is 0 Å². The number of hydrogen-bond donors (Lipinski definition) is 2. The molecule has 0 aliphatic rings. The smallest absolute Gasteiger partial charge is 0.104 e. The van der Waals surface area contributed by atoms with E-state index in [0.717, 1.165) is 0 Å². The topological polar surface area (TPSA) is 49.7 Å². The minimum atomic E-state index is -0.514. The van der Waals surface area contributed by atoms with Gasteiger partial charge in [0.1, 0.15) is 6.10 Å². The molecular weight excluding hydrogens is 96.0 g/mol. The van der Waals surface area contributed by atoms with Gasteiger partial charge in [0.15, 0.2) is 0 Å². The van der Waals surface area contributed by atoms with E-state index in [-0.39, 0.29) is 13.2 Å². The van der Waals surface area contributed by atoms with Crippen LogP contribution in [0, 0.1) is 7.11 Å². The molecule has 0 amide bonds. The normalized spacial score (nSPS) is 10.3. The summed E-state index contributed by atoms with van der Waals surface area (Å²) in [6.07, 6.45) is -0.514. The van der Waals surface area contributed by atoms with Crippen molar-refractivity contribution in [3.63, 3.8) is 0 Å². The fourth-order valence-electron chi connectivity index (χ4n) is 0.163. The average molecular weight is 105 g/mol. The molecule has 0 unspecified atom stereocenters. The Labute approximate surface area is 42.5 Å². The van der Waals surface area contributed by atoms with Crippen LogP contribution in [0.4, 0.5) is 0 Å². The molecule has 3 heteroatoms. The summed E-state index contributed by atoms with van der Waals surface area (Å²) in [5, 5.41) is 16.4. The van der Waals surface area contributed by atoms with Crippen molar-refractivity contribution in [3.8, 4) is 0 Å². The summed E-state index contributed by atoms with van der Waals surface area (Å²) in [6.45, 7) is -0.361. The van der Waals surface area contributed by atoms with Gasteiger partial charge in [-0.2, -0.15) is 0 Å². The third-order valence-electron chi connectivity index (χ3n) is 0.643. The van der Waals surface area contributed by atoms with Gasteiger partial charge in [-0.3, -0.25) is 0 Å². The quantitative estimate of drug-likeness (QED) is 0.491. The lowest BCUT2D eigenvalue weighted by molar-refractivity contribution is 0.0288. The van der Waals surface area contributed by atoms with Gasteiger partial charge in [0.05, 0.1) is 20.3 Å². The molecule has 0 spiro atoms. The van der Waals surface area contributed by atoms with Crippen LogP contribution in [0.2, 0.25) is 0 Å². The monoisotopic (exact) mass is 105 g/mol. The zero-order valence-corrected chi connectivity index (χ0v) is 4.00. The Hall–Kier alpha value is -0.120. The highest BCUT2D eigenvalue weighted by atomic mass is 16.5. The van der Waals surface area contributed by atoms with Gasteiger partial charge in [-0.05, 0) is 0 Å². The van der Waals surface area contributed by atoms with E-state index in [4.69, 9.17) is 10.2 Å². The molecule has 1 radical (unpaired) electrons. The Morgan fingerprint density at radius 3 is 1.86 bits per heavy atom. The summed E-state index contributed by atoms with van der Waals surface area (Å²) >= 11 is 0. The van der Waals surface area contributed by atoms with Crippen LogP contribution >= 0.6 is 0 Å². The number of ether oxygens (including phenoxy) is 1. The first kappa shape index (κ1) is 6.88. The first-order valence-electron chi connectivity index (χ1n) is 1.97. The van der Waals surface area contributed by atoms with Gasteiger partial charge in [0, 0.05) is 0 Å². The van der Waals surface area contributed by atoms with Crippen molar-refractivity contribution in [1.82, 2.24) is 0 Å². The third kappa shape index (κ3) is 2.56. The van der Waals surface area contributed by atoms with Gasteiger partial charge in [-0.15, -0.1) is 0 Å². The molecule has 0 bridgehead atoms. The maximum absolute atomic E-state index is 8.20. The van der Waals surface area contributed by atoms with E-state index < -0.39 is 6.10 Å². The molecule has 7 heavy (non-hydrogen) atoms. The highest BCUT2D eigenvalue weighted by Gasteiger charge is 1.99. The van der Waals surface area contributed by atoms with Crippen LogP contribution in [-0.4, -0.2) is 29.5 Å². The van der Waals surface area contributed by atoms with E-state index in [1.54, 1.807) is 0 Å². The van der Waals surface area contributed by atoms with Gasteiger partial charge in [-0.1, -0.05) is 0 Å². The van der Waals surface area contributed by atoms with Gasteiger partial charge < -0.3 is 14.9 Å². The van der Waals surface area contributed by atoms with Crippen LogP contribution in [-0.2, 0) is 4.74 Å². The zero-order chi connectivity index (χ0) is 5.70. The molecule has 0 saturated carbocycles. The standard InChI is InChI=1S/C4H9O3/c1-7-4(2-5)3-6/h4-6H,1-3H2. The van der Waals surface area contributed by atoms with E-state index >= 15 is 0 Å². The van der Waals surface area contributed by atoms with E-state index in [1.165, 1.54) is 0 Å². The van der Waals surface area contributed by atoms with Crippen LogP contribution in [0.1, 0.15) is 0 Å². The molecule has 2 N–H and O–H groups in total. The molecule has 0 rings (SSSR count). The third-order valence-corrected chi connectivity index (χ3v) is 0.643. The molecule has 0 aliphatic heterocycles. The van der Waals surface area contributed by atoms with Crippen molar-refractivity contribution < 1.29 is 14.9 Å². The Balaban J connectivity index is 2.99. The highest BCUT2D eigenvalue weighted by molar-refractivity contribution is 4.49. The first-order chi connectivity index (χ1) is 3.35. The van der Waals surface area contributed by atoms with Crippen LogP contribution in [0.25, 0.3) is 0 Å². The summed E-state index contributed by atoms with van der Waals surface area (Å²) in [5.74, 6) is 0. The highest BCUT2D eigenvalue weighted by Crippen LogP contribution is 1.83. The summed E-state index contributed by atoms with van der Waals surface area (Å²) in [5.41, 5.74) is 0. The van der Waals surface area contributed by atoms with Gasteiger partial charge in [0.2, 0.25) is 0 Å². The Morgan fingerprint density at radius 1 is 1.43 bits per heavy atom. The number of aliphatic hydroxyl groups is 2. The van der Waals surface area contributed by atoms with Crippen molar-refractivity contribution in [2.45, 2.75) is 6.10 Å². The van der Waals surface area contributed by atoms with E-state index in [0.29, 0.717) is 0 Å². The summed E-state index contributed by atoms with van der Waals surface area (Å²) in [6, 6.07) is 0. The summed E-state index contributed by atoms with van der Waals surface area (Å²) in [7, 11) is 3.01. The van der Waals surface area contributed by atoms with Crippen molar-refractivity contribution in [2.24, 2.45) is 0 Å². The largest absolute Gasteiger partial charge is 0.394 e. The Bertz CT molecular complexity index is 28.4. The molecule has 0 fully saturated rings. The second kappa shape index (κ2) is 4.05. The second-order valence-corrected chi connectivity index (χ2v) is 1.15. The molecule has 0 atom stereocenters. The van der Waals surface area contributed by atoms with Crippen molar-refractivity contribution in [1.29, 1.82) is 0 Å². The molecule has 0 aromatic rings. The lowest BCUT2D eigenvalue weighted by atomic mass is 10.4. The molecular formula is C4H9O3. The van der Waals surface area contributed by atoms with E-state index in [2.05, 4.69) is 11.8 Å². The summed E-state index contributed by atoms with van der Waals surface area (Å²) in [4.78, 5) is 0. The van der Waals surface area contributed by atoms with Gasteiger partial charge >= 0.3 is 0 Å².